The third kappa shape index (κ3) is 6.90. The largest absolute Gasteiger partial charge is 0.493 e. The first-order valence-corrected chi connectivity index (χ1v) is 14.5. The van der Waals surface area contributed by atoms with E-state index in [9.17, 15) is 28.0 Å². The zero-order valence-electron chi connectivity index (χ0n) is 24.3. The minimum Gasteiger partial charge on any atom is -0.493 e. The maximum Gasteiger partial charge on any atom is 0.256 e. The number of benzene rings is 2. The van der Waals surface area contributed by atoms with Crippen molar-refractivity contribution in [2.75, 3.05) is 46.4 Å². The number of pyridine rings is 1. The Balaban J connectivity index is 1.35. The molecule has 232 valence electrons. The van der Waals surface area contributed by atoms with Crippen LogP contribution in [0.3, 0.4) is 0 Å². The Morgan fingerprint density at radius 3 is 2.61 bits per heavy atom. The molecule has 0 unspecified atom stereocenters. The van der Waals surface area contributed by atoms with Gasteiger partial charge in [-0.05, 0) is 48.4 Å². The Kier molecular flexibility index (Phi) is 9.56. The van der Waals surface area contributed by atoms with E-state index in [1.54, 1.807) is 41.4 Å². The first-order valence-electron chi connectivity index (χ1n) is 14.5. The molecule has 1 fully saturated rings. The number of aryl methyl sites for hydroxylation is 1. The number of hydrogen-bond donors (Lipinski definition) is 1. The number of carbonyl (C=O) groups is 3. The van der Waals surface area contributed by atoms with Gasteiger partial charge in [-0.25, -0.2) is 8.78 Å². The Hall–Kier alpha value is -4.74. The van der Waals surface area contributed by atoms with E-state index in [0.717, 1.165) is 18.2 Å². The molecule has 0 radical (unpaired) electrons. The van der Waals surface area contributed by atoms with Crippen molar-refractivity contribution in [3.05, 3.63) is 93.9 Å². The predicted octanol–water partition coefficient (Wildman–Crippen LogP) is 2.81. The molecule has 0 saturated carbocycles. The van der Waals surface area contributed by atoms with Gasteiger partial charge >= 0.3 is 0 Å². The maximum absolute atomic E-state index is 14.5. The smallest absolute Gasteiger partial charge is 0.256 e. The molecule has 1 aromatic heterocycles. The monoisotopic (exact) mass is 608 g/mol. The number of halogens is 2. The molecule has 2 aliphatic rings. The Bertz CT molecular complexity index is 1590. The van der Waals surface area contributed by atoms with Gasteiger partial charge in [0, 0.05) is 57.3 Å². The van der Waals surface area contributed by atoms with Gasteiger partial charge in [-0.3, -0.25) is 19.2 Å². The first kappa shape index (κ1) is 30.7. The third-order valence-corrected chi connectivity index (χ3v) is 8.06. The molecule has 10 nitrogen and oxygen atoms in total. The lowest BCUT2D eigenvalue weighted by atomic mass is 9.88. The number of amides is 3. The minimum absolute atomic E-state index is 0.0109. The van der Waals surface area contributed by atoms with Gasteiger partial charge in [0.2, 0.25) is 11.8 Å². The summed E-state index contributed by atoms with van der Waals surface area (Å²) >= 11 is 0. The molecule has 3 heterocycles. The van der Waals surface area contributed by atoms with Crippen molar-refractivity contribution >= 4 is 17.7 Å². The Morgan fingerprint density at radius 2 is 1.82 bits per heavy atom. The molecule has 3 aromatic rings. The third-order valence-electron chi connectivity index (χ3n) is 8.06. The average molecular weight is 609 g/mol. The normalized spacial score (nSPS) is 18.9. The second kappa shape index (κ2) is 13.7. The second-order valence-corrected chi connectivity index (χ2v) is 10.8. The number of rotatable bonds is 5. The molecule has 0 aliphatic carbocycles. The van der Waals surface area contributed by atoms with E-state index in [2.05, 4.69) is 5.32 Å². The Morgan fingerprint density at radius 1 is 1.00 bits per heavy atom. The fraction of sp³-hybridized carbons (Fsp3) is 0.375. The van der Waals surface area contributed by atoms with Gasteiger partial charge in [0.25, 0.3) is 11.5 Å². The van der Waals surface area contributed by atoms with Crippen molar-refractivity contribution in [3.8, 4) is 11.5 Å². The molecule has 2 aromatic carbocycles. The number of likely N-dealkylation sites (tertiary alicyclic amines) is 1. The van der Waals surface area contributed by atoms with Crippen molar-refractivity contribution in [2.24, 2.45) is 5.92 Å². The summed E-state index contributed by atoms with van der Waals surface area (Å²) in [4.78, 5) is 54.9. The fourth-order valence-corrected chi connectivity index (χ4v) is 5.70. The molecule has 1 N–H and O–H groups in total. The van der Waals surface area contributed by atoms with Crippen LogP contribution in [-0.2, 0) is 16.1 Å². The van der Waals surface area contributed by atoms with Gasteiger partial charge in [0.1, 0.15) is 18.2 Å². The quantitative estimate of drug-likeness (QED) is 0.477. The number of methoxy groups -OCH3 is 1. The number of nitrogens with one attached hydrogen (secondary N) is 1. The van der Waals surface area contributed by atoms with Crippen LogP contribution in [-0.4, -0.2) is 78.5 Å². The number of nitrogens with zero attached hydrogens (tertiary/aromatic N) is 3. The lowest BCUT2D eigenvalue weighted by molar-refractivity contribution is -0.131. The average Bonchev–Trinajstić information content (AvgIpc) is 3.47. The molecule has 5 rings (SSSR count). The van der Waals surface area contributed by atoms with Crippen LogP contribution in [0.25, 0.3) is 0 Å². The topological polar surface area (TPSA) is 110 Å². The summed E-state index contributed by atoms with van der Waals surface area (Å²) in [5.74, 6) is -2.95. The lowest BCUT2D eigenvalue weighted by Gasteiger charge is -2.25. The predicted molar refractivity (Wildman–Crippen MR) is 157 cm³/mol. The molecule has 44 heavy (non-hydrogen) atoms. The van der Waals surface area contributed by atoms with Crippen LogP contribution in [0.15, 0.2) is 65.6 Å². The van der Waals surface area contributed by atoms with E-state index in [1.165, 1.54) is 22.6 Å². The zero-order valence-corrected chi connectivity index (χ0v) is 24.3. The van der Waals surface area contributed by atoms with Crippen molar-refractivity contribution in [1.82, 2.24) is 19.7 Å². The number of fused-ring (bicyclic) bond motifs is 4. The molecule has 12 heteroatoms. The summed E-state index contributed by atoms with van der Waals surface area (Å²) in [6, 6.07) is 12.8. The van der Waals surface area contributed by atoms with Crippen LogP contribution in [0.1, 0.15) is 34.7 Å². The van der Waals surface area contributed by atoms with E-state index < -0.39 is 34.9 Å². The van der Waals surface area contributed by atoms with Crippen molar-refractivity contribution < 1.29 is 32.6 Å². The highest BCUT2D eigenvalue weighted by Crippen LogP contribution is 2.38. The minimum atomic E-state index is -0.839. The van der Waals surface area contributed by atoms with Crippen LogP contribution in [0.2, 0.25) is 0 Å². The highest BCUT2D eigenvalue weighted by atomic mass is 19.1. The molecule has 0 spiro atoms. The molecular weight excluding hydrogens is 574 g/mol. The molecule has 1 saturated heterocycles. The SMILES string of the molecule is COc1ccc2cc1OCCN(C(=O)CCn1ccccc1=O)CCCNC(=O)[C@H]1CN(C(=O)c3cc(F)ccc3F)C[C@H]21. The van der Waals surface area contributed by atoms with E-state index in [1.807, 2.05) is 0 Å². The van der Waals surface area contributed by atoms with Gasteiger partial charge in [-0.1, -0.05) is 12.1 Å². The summed E-state index contributed by atoms with van der Waals surface area (Å²) in [5, 5.41) is 2.93. The Labute approximate surface area is 253 Å². The summed E-state index contributed by atoms with van der Waals surface area (Å²) in [5.41, 5.74) is 0.136. The van der Waals surface area contributed by atoms with Crippen LogP contribution < -0.4 is 20.3 Å². The van der Waals surface area contributed by atoms with Crippen LogP contribution in [0.4, 0.5) is 8.78 Å². The summed E-state index contributed by atoms with van der Waals surface area (Å²) < 4.78 is 41.3. The number of carbonyl (C=O) groups excluding carboxylic acids is 3. The summed E-state index contributed by atoms with van der Waals surface area (Å²) in [7, 11) is 1.50. The maximum atomic E-state index is 14.5. The molecule has 2 atom stereocenters. The second-order valence-electron chi connectivity index (χ2n) is 10.8. The molecular formula is C32H34F2N4O6. The van der Waals surface area contributed by atoms with Crippen molar-refractivity contribution in [2.45, 2.75) is 25.3 Å². The highest BCUT2D eigenvalue weighted by Gasteiger charge is 2.41. The number of ether oxygens (including phenoxy) is 2. The lowest BCUT2D eigenvalue weighted by Crippen LogP contribution is -2.40. The first-order chi connectivity index (χ1) is 21.2. The summed E-state index contributed by atoms with van der Waals surface area (Å²) in [6.45, 7) is 1.44. The van der Waals surface area contributed by atoms with E-state index in [0.29, 0.717) is 30.0 Å². The van der Waals surface area contributed by atoms with Gasteiger partial charge in [-0.15, -0.1) is 0 Å². The molecule has 2 bridgehead atoms. The van der Waals surface area contributed by atoms with E-state index >= 15 is 0 Å². The molecule has 3 amide bonds. The van der Waals surface area contributed by atoms with Gasteiger partial charge in [0.15, 0.2) is 11.5 Å². The number of hydrogen-bond acceptors (Lipinski definition) is 6. The van der Waals surface area contributed by atoms with E-state index in [-0.39, 0.29) is 63.1 Å². The van der Waals surface area contributed by atoms with Gasteiger partial charge < -0.3 is 29.2 Å². The standard InChI is InChI=1S/C32H34F2N4O6/c1-43-27-9-6-21-17-28(27)44-16-15-37(30(40)10-14-36-12-3-2-5-29(36)39)13-4-11-35-31(41)25-20-38(19-24(21)25)32(42)23-18-22(33)7-8-26(23)34/h2-3,5-9,12,17-18,24-25H,4,10-11,13-16,19-20H2,1H3,(H,35,41)/t24-,25+/m1/s1. The van der Waals surface area contributed by atoms with Crippen LogP contribution in [0.5, 0.6) is 11.5 Å². The van der Waals surface area contributed by atoms with Crippen molar-refractivity contribution in [1.29, 1.82) is 0 Å². The van der Waals surface area contributed by atoms with Gasteiger partial charge in [-0.2, -0.15) is 0 Å². The van der Waals surface area contributed by atoms with Crippen LogP contribution >= 0.6 is 0 Å². The highest BCUT2D eigenvalue weighted by molar-refractivity contribution is 5.95. The number of aromatic nitrogens is 1. The van der Waals surface area contributed by atoms with E-state index in [4.69, 9.17) is 9.47 Å². The molecule has 2 aliphatic heterocycles. The summed E-state index contributed by atoms with van der Waals surface area (Å²) in [6.07, 6.45) is 2.22. The fourth-order valence-electron chi connectivity index (χ4n) is 5.70. The van der Waals surface area contributed by atoms with Gasteiger partial charge in [0.05, 0.1) is 25.1 Å². The van der Waals surface area contributed by atoms with Crippen molar-refractivity contribution in [3.63, 3.8) is 0 Å². The zero-order chi connectivity index (χ0) is 31.2. The van der Waals surface area contributed by atoms with Crippen LogP contribution in [0, 0.1) is 17.6 Å².